The number of benzene rings is 1. The Labute approximate surface area is 91.7 Å². The molecule has 0 fully saturated rings. The molecule has 2 aromatic rings. The quantitative estimate of drug-likeness (QED) is 0.812. The molecule has 82 valence electrons. The van der Waals surface area contributed by atoms with E-state index < -0.39 is 6.09 Å². The Kier molecular flexibility index (Phi) is 2.59. The normalized spacial score (nSPS) is 10.1. The van der Waals surface area contributed by atoms with Gasteiger partial charge in [0.2, 0.25) is 5.89 Å². The van der Waals surface area contributed by atoms with Crippen LogP contribution in [0.4, 0.5) is 10.5 Å². The van der Waals surface area contributed by atoms with Gasteiger partial charge >= 0.3 is 6.09 Å². The molecular formula is C11H10N2O3. The molecule has 0 bridgehead atoms. The standard InChI is InChI=1S/C11H10N2O3/c1-7-2-3-8(10-12-4-5-16-10)9(6-7)13-11(14)15/h2-6,13H,1H3,(H,14,15). The number of aryl methyl sites for hydroxylation is 1. The van der Waals surface area contributed by atoms with E-state index in [0.29, 0.717) is 17.1 Å². The zero-order valence-electron chi connectivity index (χ0n) is 8.60. The second-order valence-corrected chi connectivity index (χ2v) is 3.32. The molecule has 0 unspecified atom stereocenters. The highest BCUT2D eigenvalue weighted by atomic mass is 16.4. The zero-order chi connectivity index (χ0) is 11.5. The lowest BCUT2D eigenvalue weighted by Crippen LogP contribution is -2.08. The molecule has 1 heterocycles. The van der Waals surface area contributed by atoms with Crippen molar-refractivity contribution in [2.45, 2.75) is 6.92 Å². The Morgan fingerprint density at radius 3 is 2.94 bits per heavy atom. The first kappa shape index (κ1) is 10.2. The van der Waals surface area contributed by atoms with E-state index in [-0.39, 0.29) is 0 Å². The van der Waals surface area contributed by atoms with Crippen LogP contribution in [0.5, 0.6) is 0 Å². The van der Waals surface area contributed by atoms with Crippen molar-refractivity contribution in [3.8, 4) is 11.5 Å². The molecule has 1 aromatic heterocycles. The van der Waals surface area contributed by atoms with Gasteiger partial charge in [0.15, 0.2) is 0 Å². The van der Waals surface area contributed by atoms with Crippen molar-refractivity contribution >= 4 is 11.8 Å². The predicted octanol–water partition coefficient (Wildman–Crippen LogP) is 2.74. The van der Waals surface area contributed by atoms with Crippen LogP contribution in [0.25, 0.3) is 11.5 Å². The molecule has 16 heavy (non-hydrogen) atoms. The average Bonchev–Trinajstić information content (AvgIpc) is 2.69. The zero-order valence-corrected chi connectivity index (χ0v) is 8.60. The molecule has 0 aliphatic carbocycles. The number of amides is 1. The molecule has 0 atom stereocenters. The number of hydrogen-bond acceptors (Lipinski definition) is 3. The molecule has 5 nitrogen and oxygen atoms in total. The van der Waals surface area contributed by atoms with Gasteiger partial charge in [-0.15, -0.1) is 0 Å². The maximum absolute atomic E-state index is 10.6. The van der Waals surface area contributed by atoms with Crippen LogP contribution in [0.3, 0.4) is 0 Å². The number of oxazole rings is 1. The molecule has 0 spiro atoms. The Hall–Kier alpha value is -2.30. The molecular weight excluding hydrogens is 208 g/mol. The number of nitrogens with one attached hydrogen (secondary N) is 1. The van der Waals surface area contributed by atoms with Crippen LogP contribution in [0.15, 0.2) is 35.1 Å². The van der Waals surface area contributed by atoms with Gasteiger partial charge in [0.25, 0.3) is 0 Å². The molecule has 0 aliphatic heterocycles. The largest absolute Gasteiger partial charge is 0.465 e. The first-order valence-corrected chi connectivity index (χ1v) is 4.67. The number of rotatable bonds is 2. The first-order valence-electron chi connectivity index (χ1n) is 4.67. The SMILES string of the molecule is Cc1ccc(-c2ncco2)c(NC(=O)O)c1. The van der Waals surface area contributed by atoms with Crippen LogP contribution in [-0.4, -0.2) is 16.2 Å². The van der Waals surface area contributed by atoms with E-state index in [4.69, 9.17) is 9.52 Å². The van der Waals surface area contributed by atoms with E-state index in [1.165, 1.54) is 12.5 Å². The van der Waals surface area contributed by atoms with Crippen LogP contribution in [-0.2, 0) is 0 Å². The molecule has 2 rings (SSSR count). The average molecular weight is 218 g/mol. The van der Waals surface area contributed by atoms with Crippen molar-refractivity contribution in [1.82, 2.24) is 4.98 Å². The molecule has 5 heteroatoms. The smallest absolute Gasteiger partial charge is 0.409 e. The number of hydrogen-bond donors (Lipinski definition) is 2. The maximum atomic E-state index is 10.6. The maximum Gasteiger partial charge on any atom is 0.409 e. The molecule has 0 aliphatic rings. The van der Waals surface area contributed by atoms with Crippen molar-refractivity contribution < 1.29 is 14.3 Å². The van der Waals surface area contributed by atoms with Gasteiger partial charge in [-0.25, -0.2) is 9.78 Å². The van der Waals surface area contributed by atoms with E-state index in [1.807, 2.05) is 13.0 Å². The Morgan fingerprint density at radius 1 is 1.50 bits per heavy atom. The summed E-state index contributed by atoms with van der Waals surface area (Å²) in [5.41, 5.74) is 2.05. The summed E-state index contributed by atoms with van der Waals surface area (Å²) in [5.74, 6) is 0.392. The summed E-state index contributed by atoms with van der Waals surface area (Å²) in [4.78, 5) is 14.6. The highest BCUT2D eigenvalue weighted by Gasteiger charge is 2.10. The van der Waals surface area contributed by atoms with E-state index in [9.17, 15) is 4.79 Å². The van der Waals surface area contributed by atoms with Crippen molar-refractivity contribution in [3.63, 3.8) is 0 Å². The number of nitrogens with zero attached hydrogens (tertiary/aromatic N) is 1. The third-order valence-corrected chi connectivity index (χ3v) is 2.08. The second kappa shape index (κ2) is 4.06. The van der Waals surface area contributed by atoms with Crippen molar-refractivity contribution in [3.05, 3.63) is 36.2 Å². The Bertz CT molecular complexity index is 506. The van der Waals surface area contributed by atoms with E-state index >= 15 is 0 Å². The van der Waals surface area contributed by atoms with Gasteiger partial charge in [-0.05, 0) is 24.6 Å². The van der Waals surface area contributed by atoms with Crippen LogP contribution < -0.4 is 5.32 Å². The summed E-state index contributed by atoms with van der Waals surface area (Å²) in [6.07, 6.45) is 1.85. The van der Waals surface area contributed by atoms with Gasteiger partial charge in [0, 0.05) is 0 Å². The summed E-state index contributed by atoms with van der Waals surface area (Å²) in [6.45, 7) is 1.88. The minimum Gasteiger partial charge on any atom is -0.465 e. The summed E-state index contributed by atoms with van der Waals surface area (Å²) >= 11 is 0. The lowest BCUT2D eigenvalue weighted by molar-refractivity contribution is 0.210. The summed E-state index contributed by atoms with van der Waals surface area (Å²) in [5, 5.41) is 11.0. The molecule has 0 saturated heterocycles. The summed E-state index contributed by atoms with van der Waals surface area (Å²) in [7, 11) is 0. The third kappa shape index (κ3) is 2.03. The van der Waals surface area contributed by atoms with Gasteiger partial charge in [0.1, 0.15) is 6.26 Å². The van der Waals surface area contributed by atoms with Gasteiger partial charge in [-0.1, -0.05) is 6.07 Å². The fourth-order valence-corrected chi connectivity index (χ4v) is 1.42. The fraction of sp³-hybridized carbons (Fsp3) is 0.0909. The van der Waals surface area contributed by atoms with E-state index in [1.54, 1.807) is 12.1 Å². The minimum atomic E-state index is -1.11. The molecule has 1 amide bonds. The van der Waals surface area contributed by atoms with Crippen LogP contribution in [0, 0.1) is 6.92 Å². The van der Waals surface area contributed by atoms with Crippen molar-refractivity contribution in [2.24, 2.45) is 0 Å². The lowest BCUT2D eigenvalue weighted by Gasteiger charge is -2.07. The monoisotopic (exact) mass is 218 g/mol. The van der Waals surface area contributed by atoms with Crippen molar-refractivity contribution in [2.75, 3.05) is 5.32 Å². The highest BCUT2D eigenvalue weighted by molar-refractivity contribution is 5.89. The van der Waals surface area contributed by atoms with Crippen LogP contribution in [0.1, 0.15) is 5.56 Å². The number of anilines is 1. The summed E-state index contributed by atoms with van der Waals surface area (Å²) in [6, 6.07) is 5.37. The third-order valence-electron chi connectivity index (χ3n) is 2.08. The number of carbonyl (C=O) groups is 1. The van der Waals surface area contributed by atoms with Gasteiger partial charge in [0.05, 0.1) is 17.4 Å². The fourth-order valence-electron chi connectivity index (χ4n) is 1.42. The van der Waals surface area contributed by atoms with Crippen molar-refractivity contribution in [1.29, 1.82) is 0 Å². The lowest BCUT2D eigenvalue weighted by atomic mass is 10.1. The van der Waals surface area contributed by atoms with E-state index in [2.05, 4.69) is 10.3 Å². The molecule has 1 aromatic carbocycles. The molecule has 0 radical (unpaired) electrons. The Morgan fingerprint density at radius 2 is 2.31 bits per heavy atom. The van der Waals surface area contributed by atoms with Crippen LogP contribution >= 0.6 is 0 Å². The van der Waals surface area contributed by atoms with Gasteiger partial charge in [-0.2, -0.15) is 0 Å². The van der Waals surface area contributed by atoms with Gasteiger partial charge < -0.3 is 9.52 Å². The number of aromatic nitrogens is 1. The second-order valence-electron chi connectivity index (χ2n) is 3.32. The number of carboxylic acid groups (broad SMARTS) is 1. The Balaban J connectivity index is 2.48. The summed E-state index contributed by atoms with van der Waals surface area (Å²) < 4.78 is 5.14. The first-order chi connectivity index (χ1) is 7.66. The van der Waals surface area contributed by atoms with E-state index in [0.717, 1.165) is 5.56 Å². The predicted molar refractivity (Wildman–Crippen MR) is 58.3 cm³/mol. The molecule has 2 N–H and O–H groups in total. The highest BCUT2D eigenvalue weighted by Crippen LogP contribution is 2.27. The van der Waals surface area contributed by atoms with Gasteiger partial charge in [-0.3, -0.25) is 5.32 Å². The topological polar surface area (TPSA) is 75.4 Å². The minimum absolute atomic E-state index is 0.392. The van der Waals surface area contributed by atoms with Crippen LogP contribution in [0.2, 0.25) is 0 Å². The molecule has 0 saturated carbocycles.